The van der Waals surface area contributed by atoms with Gasteiger partial charge in [-0.15, -0.1) is 0 Å². The van der Waals surface area contributed by atoms with Gasteiger partial charge in [-0.25, -0.2) is 4.79 Å². The summed E-state index contributed by atoms with van der Waals surface area (Å²) >= 11 is 6.14. The molecule has 1 aliphatic rings. The van der Waals surface area contributed by atoms with Gasteiger partial charge in [0.2, 0.25) is 0 Å². The molecular formula is C12H8ClNO4. The Morgan fingerprint density at radius 3 is 3.00 bits per heavy atom. The van der Waals surface area contributed by atoms with Crippen molar-refractivity contribution < 1.29 is 19.2 Å². The fourth-order valence-electron chi connectivity index (χ4n) is 2.01. The fourth-order valence-corrected chi connectivity index (χ4v) is 2.28. The van der Waals surface area contributed by atoms with Crippen molar-refractivity contribution in [2.75, 3.05) is 6.61 Å². The molecule has 1 aromatic carbocycles. The molecule has 6 heteroatoms. The van der Waals surface area contributed by atoms with Crippen LogP contribution >= 0.6 is 11.6 Å². The largest absolute Gasteiger partial charge is 0.493 e. The minimum atomic E-state index is -1.13. The molecule has 3 rings (SSSR count). The van der Waals surface area contributed by atoms with Gasteiger partial charge in [0.15, 0.2) is 11.5 Å². The lowest BCUT2D eigenvalue weighted by atomic mass is 10.0. The zero-order valence-electron chi connectivity index (χ0n) is 9.14. The van der Waals surface area contributed by atoms with Gasteiger partial charge in [-0.3, -0.25) is 0 Å². The summed E-state index contributed by atoms with van der Waals surface area (Å²) in [5.74, 6) is -0.0348. The molecule has 1 aliphatic heterocycles. The zero-order chi connectivity index (χ0) is 12.7. The van der Waals surface area contributed by atoms with Crippen molar-refractivity contribution in [3.8, 4) is 17.1 Å². The number of fused-ring (bicyclic) bond motifs is 1. The summed E-state index contributed by atoms with van der Waals surface area (Å²) < 4.78 is 10.5. The van der Waals surface area contributed by atoms with Crippen molar-refractivity contribution in [3.05, 3.63) is 34.5 Å². The first-order chi connectivity index (χ1) is 8.66. The third-order valence-corrected chi connectivity index (χ3v) is 3.12. The molecule has 0 spiro atoms. The highest BCUT2D eigenvalue weighted by Crippen LogP contribution is 2.39. The Morgan fingerprint density at radius 1 is 1.44 bits per heavy atom. The van der Waals surface area contributed by atoms with Crippen LogP contribution in [0.3, 0.4) is 0 Å². The van der Waals surface area contributed by atoms with Gasteiger partial charge in [0.1, 0.15) is 5.75 Å². The Labute approximate surface area is 107 Å². The Kier molecular flexibility index (Phi) is 2.48. The van der Waals surface area contributed by atoms with Crippen LogP contribution < -0.4 is 4.74 Å². The highest BCUT2D eigenvalue weighted by molar-refractivity contribution is 6.33. The monoisotopic (exact) mass is 265 g/mol. The zero-order valence-corrected chi connectivity index (χ0v) is 9.90. The summed E-state index contributed by atoms with van der Waals surface area (Å²) in [6.45, 7) is 0.586. The molecule has 18 heavy (non-hydrogen) atoms. The van der Waals surface area contributed by atoms with Gasteiger partial charge in [-0.05, 0) is 12.1 Å². The molecule has 0 fully saturated rings. The van der Waals surface area contributed by atoms with Crippen LogP contribution in [0, 0.1) is 0 Å². The Hall–Kier alpha value is -2.01. The number of carboxylic acids is 1. The van der Waals surface area contributed by atoms with E-state index in [2.05, 4.69) is 5.16 Å². The van der Waals surface area contributed by atoms with E-state index in [9.17, 15) is 4.79 Å². The Bertz CT molecular complexity index is 635. The van der Waals surface area contributed by atoms with Crippen molar-refractivity contribution in [2.45, 2.75) is 6.42 Å². The minimum Gasteiger partial charge on any atom is -0.493 e. The second kappa shape index (κ2) is 4.03. The van der Waals surface area contributed by atoms with Crippen LogP contribution in [0.1, 0.15) is 16.1 Å². The van der Waals surface area contributed by atoms with Crippen molar-refractivity contribution >= 4 is 17.6 Å². The van der Waals surface area contributed by atoms with E-state index in [0.717, 1.165) is 11.3 Å². The molecule has 0 unspecified atom stereocenters. The summed E-state index contributed by atoms with van der Waals surface area (Å²) in [4.78, 5) is 10.8. The summed E-state index contributed by atoms with van der Waals surface area (Å²) in [5, 5.41) is 12.8. The Morgan fingerprint density at radius 2 is 2.28 bits per heavy atom. The lowest BCUT2D eigenvalue weighted by Crippen LogP contribution is -1.94. The second-order valence-electron chi connectivity index (χ2n) is 3.88. The van der Waals surface area contributed by atoms with Crippen LogP contribution in [0.25, 0.3) is 11.3 Å². The van der Waals surface area contributed by atoms with Gasteiger partial charge in [0.05, 0.1) is 11.6 Å². The van der Waals surface area contributed by atoms with Gasteiger partial charge >= 0.3 is 5.97 Å². The van der Waals surface area contributed by atoms with E-state index in [1.54, 1.807) is 12.1 Å². The molecule has 2 aromatic rings. The number of hydrogen-bond acceptors (Lipinski definition) is 4. The number of aromatic nitrogens is 1. The molecule has 1 N–H and O–H groups in total. The van der Waals surface area contributed by atoms with Crippen LogP contribution in [0.5, 0.6) is 5.75 Å². The quantitative estimate of drug-likeness (QED) is 0.904. The van der Waals surface area contributed by atoms with Gasteiger partial charge in [-0.1, -0.05) is 16.8 Å². The van der Waals surface area contributed by atoms with Gasteiger partial charge in [0, 0.05) is 23.6 Å². The average Bonchev–Trinajstić information content (AvgIpc) is 2.95. The van der Waals surface area contributed by atoms with Crippen molar-refractivity contribution in [2.24, 2.45) is 0 Å². The summed E-state index contributed by atoms with van der Waals surface area (Å²) in [6.07, 6.45) is 0.717. The maximum absolute atomic E-state index is 10.8. The first kappa shape index (κ1) is 11.1. The summed E-state index contributed by atoms with van der Waals surface area (Å²) in [5.41, 5.74) is 1.44. The predicted octanol–water partition coefficient (Wildman–Crippen LogP) is 2.63. The van der Waals surface area contributed by atoms with E-state index < -0.39 is 5.97 Å². The molecular weight excluding hydrogens is 258 g/mol. The minimum absolute atomic E-state index is 0.141. The highest BCUT2D eigenvalue weighted by atomic mass is 35.5. The molecule has 0 amide bonds. The number of halogens is 1. The van der Waals surface area contributed by atoms with Crippen LogP contribution in [0.2, 0.25) is 5.02 Å². The summed E-state index contributed by atoms with van der Waals surface area (Å²) in [6, 6.07) is 4.86. The summed E-state index contributed by atoms with van der Waals surface area (Å²) in [7, 11) is 0. The van der Waals surface area contributed by atoms with E-state index in [4.69, 9.17) is 26.0 Å². The maximum Gasteiger partial charge on any atom is 0.358 e. The number of nitrogens with zero attached hydrogens (tertiary/aromatic N) is 1. The standard InChI is InChI=1S/C12H8ClNO4/c13-7-1-2-9-6(3-4-17-9)11(7)10-5-8(12(15)16)14-18-10/h1-2,5H,3-4H2,(H,15,16). The molecule has 0 atom stereocenters. The van der Waals surface area contributed by atoms with E-state index in [-0.39, 0.29) is 5.69 Å². The molecule has 1 aromatic heterocycles. The molecule has 2 heterocycles. The fraction of sp³-hybridized carbons (Fsp3) is 0.167. The van der Waals surface area contributed by atoms with Crippen molar-refractivity contribution in [1.82, 2.24) is 5.16 Å². The molecule has 92 valence electrons. The molecule has 0 saturated heterocycles. The third-order valence-electron chi connectivity index (χ3n) is 2.80. The molecule has 0 radical (unpaired) electrons. The van der Waals surface area contributed by atoms with Gasteiger partial charge in [-0.2, -0.15) is 0 Å². The number of aromatic carboxylic acids is 1. The van der Waals surface area contributed by atoms with Crippen molar-refractivity contribution in [3.63, 3.8) is 0 Å². The van der Waals surface area contributed by atoms with Gasteiger partial charge < -0.3 is 14.4 Å². The Balaban J connectivity index is 2.16. The van der Waals surface area contributed by atoms with E-state index in [0.29, 0.717) is 29.4 Å². The SMILES string of the molecule is O=C(O)c1cc(-c2c(Cl)ccc3c2CCO3)on1. The highest BCUT2D eigenvalue weighted by Gasteiger charge is 2.23. The van der Waals surface area contributed by atoms with Crippen LogP contribution in [-0.2, 0) is 6.42 Å². The second-order valence-corrected chi connectivity index (χ2v) is 4.29. The molecule has 5 nitrogen and oxygen atoms in total. The van der Waals surface area contributed by atoms with E-state index >= 15 is 0 Å². The van der Waals surface area contributed by atoms with Crippen LogP contribution in [0.4, 0.5) is 0 Å². The lowest BCUT2D eigenvalue weighted by Gasteiger charge is -2.05. The number of benzene rings is 1. The van der Waals surface area contributed by atoms with E-state index in [1.807, 2.05) is 0 Å². The smallest absolute Gasteiger partial charge is 0.358 e. The number of ether oxygens (including phenoxy) is 1. The van der Waals surface area contributed by atoms with Crippen molar-refractivity contribution in [1.29, 1.82) is 0 Å². The normalized spacial score (nSPS) is 13.2. The predicted molar refractivity (Wildman–Crippen MR) is 63.1 cm³/mol. The van der Waals surface area contributed by atoms with Gasteiger partial charge in [0.25, 0.3) is 0 Å². The molecule has 0 saturated carbocycles. The first-order valence-corrected chi connectivity index (χ1v) is 5.69. The van der Waals surface area contributed by atoms with Crippen LogP contribution in [-0.4, -0.2) is 22.8 Å². The first-order valence-electron chi connectivity index (χ1n) is 5.31. The lowest BCUT2D eigenvalue weighted by molar-refractivity contribution is 0.0686. The third kappa shape index (κ3) is 1.64. The maximum atomic E-state index is 10.8. The number of carbonyl (C=O) groups is 1. The van der Waals surface area contributed by atoms with E-state index in [1.165, 1.54) is 6.07 Å². The number of hydrogen-bond donors (Lipinski definition) is 1. The molecule has 0 bridgehead atoms. The van der Waals surface area contributed by atoms with Crippen LogP contribution in [0.15, 0.2) is 22.7 Å². The molecule has 0 aliphatic carbocycles. The topological polar surface area (TPSA) is 72.6 Å². The average molecular weight is 266 g/mol. The number of rotatable bonds is 2. The number of carboxylic acid groups (broad SMARTS) is 1.